The minimum absolute atomic E-state index is 0.0867. The van der Waals surface area contributed by atoms with Crippen molar-refractivity contribution in [3.63, 3.8) is 0 Å². The van der Waals surface area contributed by atoms with Crippen LogP contribution in [0.2, 0.25) is 0 Å². The van der Waals surface area contributed by atoms with E-state index in [4.69, 9.17) is 0 Å². The molecule has 1 fully saturated rings. The summed E-state index contributed by atoms with van der Waals surface area (Å²) in [6.07, 6.45) is 2.20. The van der Waals surface area contributed by atoms with E-state index in [0.717, 1.165) is 19.4 Å². The van der Waals surface area contributed by atoms with Crippen LogP contribution in [0.15, 0.2) is 22.7 Å². The van der Waals surface area contributed by atoms with Crippen molar-refractivity contribution in [2.75, 3.05) is 20.1 Å². The number of nitrogens with zero attached hydrogens (tertiary/aromatic N) is 2. The zero-order valence-electron chi connectivity index (χ0n) is 11.1. The molecule has 0 aromatic heterocycles. The summed E-state index contributed by atoms with van der Waals surface area (Å²) in [5.74, 6) is -0.291. The van der Waals surface area contributed by atoms with Gasteiger partial charge in [-0.2, -0.15) is 0 Å². The van der Waals surface area contributed by atoms with E-state index < -0.39 is 4.92 Å². The summed E-state index contributed by atoms with van der Waals surface area (Å²) in [4.78, 5) is 24.6. The van der Waals surface area contributed by atoms with E-state index in [1.165, 1.54) is 18.2 Å². The highest BCUT2D eigenvalue weighted by atomic mass is 79.9. The van der Waals surface area contributed by atoms with E-state index in [0.29, 0.717) is 22.6 Å². The maximum absolute atomic E-state index is 12.1. The summed E-state index contributed by atoms with van der Waals surface area (Å²) in [6, 6.07) is 4.52. The number of hydrogen-bond acceptors (Lipinski definition) is 4. The first-order chi connectivity index (χ1) is 9.49. The molecule has 108 valence electrons. The standard InChI is InChI=1S/C13H16BrN3O3/c1-16-6-2-3-10(16)8-15-13(18)11-7-9(17(19)20)4-5-12(11)14/h4-5,7,10H,2-3,6,8H2,1H3,(H,15,18). The van der Waals surface area contributed by atoms with Crippen molar-refractivity contribution in [3.05, 3.63) is 38.3 Å². The number of nitrogens with one attached hydrogen (secondary N) is 1. The molecule has 1 heterocycles. The van der Waals surface area contributed by atoms with Crippen molar-refractivity contribution in [1.82, 2.24) is 10.2 Å². The van der Waals surface area contributed by atoms with E-state index in [2.05, 4.69) is 26.1 Å². The second-order valence-corrected chi connectivity index (χ2v) is 5.76. The summed E-state index contributed by atoms with van der Waals surface area (Å²) in [5, 5.41) is 13.6. The number of carbonyl (C=O) groups excluding carboxylic acids is 1. The van der Waals surface area contributed by atoms with Crippen LogP contribution in [0.4, 0.5) is 5.69 Å². The largest absolute Gasteiger partial charge is 0.350 e. The van der Waals surface area contributed by atoms with Crippen molar-refractivity contribution in [2.24, 2.45) is 0 Å². The average molecular weight is 342 g/mol. The van der Waals surface area contributed by atoms with Gasteiger partial charge in [-0.25, -0.2) is 0 Å². The quantitative estimate of drug-likeness (QED) is 0.672. The Labute approximate surface area is 125 Å². The summed E-state index contributed by atoms with van der Waals surface area (Å²) < 4.78 is 0.556. The van der Waals surface area contributed by atoms with Crippen molar-refractivity contribution in [2.45, 2.75) is 18.9 Å². The summed E-state index contributed by atoms with van der Waals surface area (Å²) >= 11 is 3.25. The number of likely N-dealkylation sites (tertiary alicyclic amines) is 1. The molecule has 2 rings (SSSR count). The number of halogens is 1. The van der Waals surface area contributed by atoms with Gasteiger partial charge in [-0.05, 0) is 48.4 Å². The van der Waals surface area contributed by atoms with Gasteiger partial charge in [0.1, 0.15) is 0 Å². The fourth-order valence-corrected chi connectivity index (χ4v) is 2.77. The monoisotopic (exact) mass is 341 g/mol. The molecule has 1 N–H and O–H groups in total. The Morgan fingerprint density at radius 3 is 2.95 bits per heavy atom. The van der Waals surface area contributed by atoms with Crippen LogP contribution in [0.5, 0.6) is 0 Å². The molecular formula is C13H16BrN3O3. The maximum atomic E-state index is 12.1. The van der Waals surface area contributed by atoms with Crippen molar-refractivity contribution >= 4 is 27.5 Å². The molecule has 1 aromatic carbocycles. The Hall–Kier alpha value is -1.47. The van der Waals surface area contributed by atoms with Crippen LogP contribution in [0.1, 0.15) is 23.2 Å². The van der Waals surface area contributed by atoms with Crippen LogP contribution in [0, 0.1) is 10.1 Å². The van der Waals surface area contributed by atoms with Gasteiger partial charge in [-0.3, -0.25) is 14.9 Å². The normalized spacial score (nSPS) is 19.0. The number of rotatable bonds is 4. The van der Waals surface area contributed by atoms with E-state index in [-0.39, 0.29) is 11.6 Å². The molecule has 0 radical (unpaired) electrons. The molecule has 1 amide bonds. The van der Waals surface area contributed by atoms with Crippen LogP contribution in [-0.4, -0.2) is 41.9 Å². The Kier molecular flexibility index (Phi) is 4.72. The summed E-state index contributed by atoms with van der Waals surface area (Å²) in [6.45, 7) is 1.60. The minimum atomic E-state index is -0.506. The Balaban J connectivity index is 2.05. The fourth-order valence-electron chi connectivity index (χ4n) is 2.34. The SMILES string of the molecule is CN1CCCC1CNC(=O)c1cc([N+](=O)[O-])ccc1Br. The highest BCUT2D eigenvalue weighted by molar-refractivity contribution is 9.10. The predicted octanol–water partition coefficient (Wildman–Crippen LogP) is 2.18. The molecule has 1 aliphatic heterocycles. The van der Waals surface area contributed by atoms with Crippen LogP contribution < -0.4 is 5.32 Å². The predicted molar refractivity (Wildman–Crippen MR) is 78.8 cm³/mol. The lowest BCUT2D eigenvalue weighted by Crippen LogP contribution is -2.38. The first-order valence-corrected chi connectivity index (χ1v) is 7.20. The van der Waals surface area contributed by atoms with Gasteiger partial charge in [0.05, 0.1) is 10.5 Å². The molecule has 0 bridgehead atoms. The Bertz CT molecular complexity index is 536. The van der Waals surface area contributed by atoms with Gasteiger partial charge in [0.2, 0.25) is 0 Å². The van der Waals surface area contributed by atoms with Crippen LogP contribution in [-0.2, 0) is 0 Å². The third-order valence-corrected chi connectivity index (χ3v) is 4.27. The lowest BCUT2D eigenvalue weighted by Gasteiger charge is -2.19. The molecule has 20 heavy (non-hydrogen) atoms. The third-order valence-electron chi connectivity index (χ3n) is 3.58. The van der Waals surface area contributed by atoms with Gasteiger partial charge >= 0.3 is 0 Å². The van der Waals surface area contributed by atoms with Gasteiger partial charge in [0.15, 0.2) is 0 Å². The molecule has 0 spiro atoms. The molecule has 1 aromatic rings. The van der Waals surface area contributed by atoms with Gasteiger partial charge in [-0.1, -0.05) is 0 Å². The summed E-state index contributed by atoms with van der Waals surface area (Å²) in [5.41, 5.74) is 0.205. The lowest BCUT2D eigenvalue weighted by molar-refractivity contribution is -0.384. The average Bonchev–Trinajstić information content (AvgIpc) is 2.81. The highest BCUT2D eigenvalue weighted by Gasteiger charge is 2.22. The third kappa shape index (κ3) is 3.34. The van der Waals surface area contributed by atoms with Crippen LogP contribution >= 0.6 is 15.9 Å². The van der Waals surface area contributed by atoms with E-state index in [1.54, 1.807) is 0 Å². The molecule has 1 atom stereocenters. The molecule has 6 nitrogen and oxygen atoms in total. The number of benzene rings is 1. The number of non-ortho nitro benzene ring substituents is 1. The molecule has 7 heteroatoms. The first kappa shape index (κ1) is 14.9. The number of amides is 1. The van der Waals surface area contributed by atoms with Crippen molar-refractivity contribution in [1.29, 1.82) is 0 Å². The number of carbonyl (C=O) groups is 1. The smallest absolute Gasteiger partial charge is 0.270 e. The number of likely N-dealkylation sites (N-methyl/N-ethyl adjacent to an activating group) is 1. The maximum Gasteiger partial charge on any atom is 0.270 e. The number of nitro benzene ring substituents is 1. The molecule has 1 unspecified atom stereocenters. The van der Waals surface area contributed by atoms with E-state index >= 15 is 0 Å². The summed E-state index contributed by atoms with van der Waals surface area (Å²) in [7, 11) is 2.03. The Morgan fingerprint density at radius 2 is 2.35 bits per heavy atom. The lowest BCUT2D eigenvalue weighted by atomic mass is 10.1. The topological polar surface area (TPSA) is 75.5 Å². The zero-order valence-corrected chi connectivity index (χ0v) is 12.7. The van der Waals surface area contributed by atoms with Gasteiger partial charge in [-0.15, -0.1) is 0 Å². The van der Waals surface area contributed by atoms with Crippen molar-refractivity contribution < 1.29 is 9.72 Å². The van der Waals surface area contributed by atoms with Gasteiger partial charge in [0, 0.05) is 29.2 Å². The molecular weight excluding hydrogens is 326 g/mol. The second-order valence-electron chi connectivity index (χ2n) is 4.91. The minimum Gasteiger partial charge on any atom is -0.350 e. The number of nitro groups is 1. The van der Waals surface area contributed by atoms with E-state index in [9.17, 15) is 14.9 Å². The van der Waals surface area contributed by atoms with Crippen LogP contribution in [0.25, 0.3) is 0 Å². The molecule has 1 saturated heterocycles. The molecule has 0 saturated carbocycles. The second kappa shape index (κ2) is 6.32. The molecule has 1 aliphatic rings. The van der Waals surface area contributed by atoms with E-state index in [1.807, 2.05) is 7.05 Å². The fraction of sp³-hybridized carbons (Fsp3) is 0.462. The highest BCUT2D eigenvalue weighted by Crippen LogP contribution is 2.22. The van der Waals surface area contributed by atoms with Crippen molar-refractivity contribution in [3.8, 4) is 0 Å². The Morgan fingerprint density at radius 1 is 1.60 bits per heavy atom. The van der Waals surface area contributed by atoms with Crippen LogP contribution in [0.3, 0.4) is 0 Å². The zero-order chi connectivity index (χ0) is 14.7. The van der Waals surface area contributed by atoms with Gasteiger partial charge < -0.3 is 10.2 Å². The van der Waals surface area contributed by atoms with Gasteiger partial charge in [0.25, 0.3) is 11.6 Å². The first-order valence-electron chi connectivity index (χ1n) is 6.41. The molecule has 0 aliphatic carbocycles. The number of hydrogen-bond donors (Lipinski definition) is 1.